The van der Waals surface area contributed by atoms with Crippen molar-refractivity contribution in [1.82, 2.24) is 14.9 Å². The van der Waals surface area contributed by atoms with E-state index in [1.165, 1.54) is 4.90 Å². The lowest BCUT2D eigenvalue weighted by atomic mass is 10.3. The Bertz CT molecular complexity index is 794. The van der Waals surface area contributed by atoms with Crippen LogP contribution in [0.4, 0.5) is 4.79 Å². The zero-order valence-electron chi connectivity index (χ0n) is 12.9. The molecule has 0 spiro atoms. The highest BCUT2D eigenvalue weighted by atomic mass is 16.6. The van der Waals surface area contributed by atoms with Gasteiger partial charge in [0.05, 0.1) is 11.0 Å². The van der Waals surface area contributed by atoms with Crippen LogP contribution in [-0.4, -0.2) is 35.1 Å². The van der Waals surface area contributed by atoms with Crippen molar-refractivity contribution in [3.63, 3.8) is 0 Å². The maximum absolute atomic E-state index is 11.6. The predicted molar refractivity (Wildman–Crippen MR) is 86.6 cm³/mol. The highest BCUT2D eigenvalue weighted by molar-refractivity contribution is 5.74. The van der Waals surface area contributed by atoms with Crippen molar-refractivity contribution >= 4 is 17.1 Å². The summed E-state index contributed by atoms with van der Waals surface area (Å²) < 4.78 is 10.9. The van der Waals surface area contributed by atoms with E-state index >= 15 is 0 Å². The fraction of sp³-hybridized carbons (Fsp3) is 0.176. The third-order valence-corrected chi connectivity index (χ3v) is 3.19. The number of fused-ring (bicyclic) bond motifs is 1. The Hall–Kier alpha value is -3.02. The number of para-hydroxylation sites is 2. The van der Waals surface area contributed by atoms with Crippen molar-refractivity contribution in [3.05, 3.63) is 54.4 Å². The van der Waals surface area contributed by atoms with E-state index in [0.29, 0.717) is 18.1 Å². The minimum absolute atomic E-state index is 0.305. The average molecular weight is 311 g/mol. The molecule has 0 saturated carbocycles. The number of rotatable bonds is 4. The minimum atomic E-state index is -0.431. The number of hydrogen-bond donors (Lipinski definition) is 1. The molecule has 0 bridgehead atoms. The molecule has 0 aliphatic rings. The van der Waals surface area contributed by atoms with Crippen LogP contribution >= 0.6 is 0 Å². The lowest BCUT2D eigenvalue weighted by Gasteiger charge is -2.11. The molecule has 1 amide bonds. The molecule has 6 nitrogen and oxygen atoms in total. The SMILES string of the molecule is CN(C)C(=O)Oc1cccc(OCc2nc3ccccc3[nH]2)c1. The van der Waals surface area contributed by atoms with E-state index in [1.807, 2.05) is 24.3 Å². The third kappa shape index (κ3) is 3.60. The van der Waals surface area contributed by atoms with E-state index in [1.54, 1.807) is 38.4 Å². The second-order valence-electron chi connectivity index (χ2n) is 5.23. The Balaban J connectivity index is 1.67. The van der Waals surface area contributed by atoms with E-state index in [2.05, 4.69) is 9.97 Å². The van der Waals surface area contributed by atoms with Gasteiger partial charge in [-0.1, -0.05) is 18.2 Å². The number of aromatic amines is 1. The summed E-state index contributed by atoms with van der Waals surface area (Å²) in [7, 11) is 3.26. The van der Waals surface area contributed by atoms with Crippen molar-refractivity contribution in [2.45, 2.75) is 6.61 Å². The van der Waals surface area contributed by atoms with Crippen molar-refractivity contribution in [2.75, 3.05) is 14.1 Å². The number of nitrogens with one attached hydrogen (secondary N) is 1. The summed E-state index contributed by atoms with van der Waals surface area (Å²) in [6, 6.07) is 14.7. The van der Waals surface area contributed by atoms with Crippen LogP contribution in [0, 0.1) is 0 Å². The molecular formula is C17H17N3O3. The van der Waals surface area contributed by atoms with Gasteiger partial charge in [-0.2, -0.15) is 0 Å². The first-order valence-electron chi connectivity index (χ1n) is 7.17. The molecule has 23 heavy (non-hydrogen) atoms. The molecule has 0 fully saturated rings. The zero-order valence-corrected chi connectivity index (χ0v) is 12.9. The molecule has 0 aliphatic carbocycles. The lowest BCUT2D eigenvalue weighted by Crippen LogP contribution is -2.25. The van der Waals surface area contributed by atoms with Crippen LogP contribution in [0.25, 0.3) is 11.0 Å². The summed E-state index contributed by atoms with van der Waals surface area (Å²) in [6.45, 7) is 0.305. The number of imidazole rings is 1. The van der Waals surface area contributed by atoms with Gasteiger partial charge in [0, 0.05) is 20.2 Å². The van der Waals surface area contributed by atoms with Gasteiger partial charge in [-0.25, -0.2) is 9.78 Å². The first-order chi connectivity index (χ1) is 11.1. The summed E-state index contributed by atoms with van der Waals surface area (Å²) in [5.74, 6) is 1.78. The number of carbonyl (C=O) groups is 1. The van der Waals surface area contributed by atoms with Crippen LogP contribution in [0.2, 0.25) is 0 Å². The maximum Gasteiger partial charge on any atom is 0.414 e. The Morgan fingerprint density at radius 3 is 2.70 bits per heavy atom. The molecule has 0 saturated heterocycles. The number of hydrogen-bond acceptors (Lipinski definition) is 4. The van der Waals surface area contributed by atoms with E-state index in [0.717, 1.165) is 16.9 Å². The average Bonchev–Trinajstić information content (AvgIpc) is 2.96. The van der Waals surface area contributed by atoms with Gasteiger partial charge in [0.2, 0.25) is 0 Å². The van der Waals surface area contributed by atoms with Gasteiger partial charge in [0.1, 0.15) is 23.9 Å². The summed E-state index contributed by atoms with van der Waals surface area (Å²) in [5.41, 5.74) is 1.87. The van der Waals surface area contributed by atoms with E-state index in [9.17, 15) is 4.79 Å². The molecule has 0 radical (unpaired) electrons. The van der Waals surface area contributed by atoms with Crippen molar-refractivity contribution in [3.8, 4) is 11.5 Å². The first-order valence-corrected chi connectivity index (χ1v) is 7.17. The molecule has 1 heterocycles. The quantitative estimate of drug-likeness (QED) is 0.803. The van der Waals surface area contributed by atoms with Crippen LogP contribution in [-0.2, 0) is 6.61 Å². The fourth-order valence-corrected chi connectivity index (χ4v) is 2.05. The van der Waals surface area contributed by atoms with Crippen molar-refractivity contribution < 1.29 is 14.3 Å². The number of H-pyrrole nitrogens is 1. The number of ether oxygens (including phenoxy) is 2. The van der Waals surface area contributed by atoms with Crippen LogP contribution < -0.4 is 9.47 Å². The number of nitrogens with zero attached hydrogens (tertiary/aromatic N) is 2. The molecule has 118 valence electrons. The Morgan fingerprint density at radius 1 is 1.13 bits per heavy atom. The number of benzene rings is 2. The molecule has 3 rings (SSSR count). The smallest absolute Gasteiger partial charge is 0.414 e. The van der Waals surface area contributed by atoms with Gasteiger partial charge in [0.15, 0.2) is 0 Å². The van der Waals surface area contributed by atoms with Gasteiger partial charge in [0.25, 0.3) is 0 Å². The van der Waals surface area contributed by atoms with Crippen LogP contribution in [0.15, 0.2) is 48.5 Å². The molecule has 0 unspecified atom stereocenters. The third-order valence-electron chi connectivity index (χ3n) is 3.19. The summed E-state index contributed by atoms with van der Waals surface area (Å²) in [6.07, 6.45) is -0.431. The highest BCUT2D eigenvalue weighted by Crippen LogP contribution is 2.21. The van der Waals surface area contributed by atoms with Gasteiger partial charge >= 0.3 is 6.09 Å². The Labute approximate surface area is 133 Å². The van der Waals surface area contributed by atoms with Crippen molar-refractivity contribution in [1.29, 1.82) is 0 Å². The summed E-state index contributed by atoms with van der Waals surface area (Å²) in [4.78, 5) is 20.6. The first kappa shape index (κ1) is 14.9. The van der Waals surface area contributed by atoms with Crippen LogP contribution in [0.1, 0.15) is 5.82 Å². The number of carbonyl (C=O) groups excluding carboxylic acids is 1. The minimum Gasteiger partial charge on any atom is -0.486 e. The fourth-order valence-electron chi connectivity index (χ4n) is 2.05. The molecule has 1 N–H and O–H groups in total. The van der Waals surface area contributed by atoms with Gasteiger partial charge < -0.3 is 19.4 Å². The highest BCUT2D eigenvalue weighted by Gasteiger charge is 2.08. The van der Waals surface area contributed by atoms with E-state index < -0.39 is 6.09 Å². The monoisotopic (exact) mass is 311 g/mol. The molecule has 0 aliphatic heterocycles. The van der Waals surface area contributed by atoms with Crippen LogP contribution in [0.3, 0.4) is 0 Å². The molecule has 1 aromatic heterocycles. The Kier molecular flexibility index (Phi) is 4.14. The Morgan fingerprint density at radius 2 is 1.91 bits per heavy atom. The predicted octanol–water partition coefficient (Wildman–Crippen LogP) is 3.20. The van der Waals surface area contributed by atoms with E-state index in [-0.39, 0.29) is 0 Å². The zero-order chi connectivity index (χ0) is 16.2. The molecule has 3 aromatic rings. The van der Waals surface area contributed by atoms with Crippen molar-refractivity contribution in [2.24, 2.45) is 0 Å². The second kappa shape index (κ2) is 6.39. The standard InChI is InChI=1S/C17H17N3O3/c1-20(2)17(21)23-13-7-5-6-12(10-13)22-11-16-18-14-8-3-4-9-15(14)19-16/h3-10H,11H2,1-2H3,(H,18,19). The van der Waals surface area contributed by atoms with Gasteiger partial charge in [-0.15, -0.1) is 0 Å². The summed E-state index contributed by atoms with van der Waals surface area (Å²) in [5, 5.41) is 0. The number of amides is 1. The van der Waals surface area contributed by atoms with Crippen LogP contribution in [0.5, 0.6) is 11.5 Å². The topological polar surface area (TPSA) is 67.5 Å². The summed E-state index contributed by atoms with van der Waals surface area (Å²) >= 11 is 0. The largest absolute Gasteiger partial charge is 0.486 e. The molecular weight excluding hydrogens is 294 g/mol. The van der Waals surface area contributed by atoms with E-state index in [4.69, 9.17) is 9.47 Å². The molecule has 2 aromatic carbocycles. The second-order valence-corrected chi connectivity index (χ2v) is 5.23. The molecule has 6 heteroatoms. The maximum atomic E-state index is 11.6. The lowest BCUT2D eigenvalue weighted by molar-refractivity contribution is 0.171. The molecule has 0 atom stereocenters. The van der Waals surface area contributed by atoms with Gasteiger partial charge in [-0.3, -0.25) is 0 Å². The van der Waals surface area contributed by atoms with Gasteiger partial charge in [-0.05, 0) is 24.3 Å². The normalized spacial score (nSPS) is 10.5. The number of aromatic nitrogens is 2.